The van der Waals surface area contributed by atoms with Gasteiger partial charge in [-0.05, 0) is 125 Å². The number of hydrogen-bond acceptors (Lipinski definition) is 2. The van der Waals surface area contributed by atoms with Crippen molar-refractivity contribution in [3.05, 3.63) is 197 Å². The summed E-state index contributed by atoms with van der Waals surface area (Å²) in [6.07, 6.45) is -8.49. The maximum atomic E-state index is 14.1. The number of fused-ring (bicyclic) bond motifs is 7. The van der Waals surface area contributed by atoms with E-state index in [2.05, 4.69) is 143 Å². The van der Waals surface area contributed by atoms with Crippen molar-refractivity contribution in [1.82, 2.24) is 0 Å². The van der Waals surface area contributed by atoms with E-state index in [9.17, 15) is 31.4 Å². The first-order valence-electron chi connectivity index (χ1n) is 24.3. The van der Waals surface area contributed by atoms with Crippen LogP contribution in [0.25, 0.3) is 0 Å². The fraction of sp³-hybridized carbons (Fsp3) is 0.387. The minimum absolute atomic E-state index is 0.169. The molecule has 6 aromatic carbocycles. The van der Waals surface area contributed by atoms with Gasteiger partial charge in [0.2, 0.25) is 0 Å². The molecule has 7 bridgehead atoms. The molecule has 3 aliphatic rings. The zero-order valence-corrected chi connectivity index (χ0v) is 42.2. The molecule has 0 saturated carbocycles. The fourth-order valence-electron chi connectivity index (χ4n) is 10.6. The van der Waals surface area contributed by atoms with Gasteiger partial charge in [0.15, 0.2) is 0 Å². The second-order valence-corrected chi connectivity index (χ2v) is 24.0. The van der Waals surface area contributed by atoms with E-state index in [1.165, 1.54) is 24.3 Å². The molecule has 2 aliphatic heterocycles. The zero-order valence-electron chi connectivity index (χ0n) is 42.2. The van der Waals surface area contributed by atoms with Gasteiger partial charge >= 0.3 is 12.4 Å². The average molecular weight is 953 g/mol. The summed E-state index contributed by atoms with van der Waals surface area (Å²) in [4.78, 5) is 0. The molecule has 3 atom stereocenters. The SMILES string of the molecule is CC(C)(C)c1cc2c(O)c(c1)Cc1cc(C(C)(C)C)cc3c1[C@@H]1Oc4c(cc(C(C)(C)C)cc4[C@H]3[C@@H]1c1ccc(C(F)(F)F)cc1)Cc1cc(C(C)(C)C)cc(c1C#Cc1ccc(C(F)(F)F)cc1)C2. The molecule has 8 heteroatoms. The lowest BCUT2D eigenvalue weighted by Gasteiger charge is -2.36. The maximum Gasteiger partial charge on any atom is 0.416 e. The van der Waals surface area contributed by atoms with Gasteiger partial charge in [-0.25, -0.2) is 0 Å². The summed E-state index contributed by atoms with van der Waals surface area (Å²) < 4.78 is 90.9. The number of phenols is 1. The minimum atomic E-state index is -4.50. The molecule has 0 spiro atoms. The highest BCUT2D eigenvalue weighted by atomic mass is 19.4. The number of benzene rings is 6. The van der Waals surface area contributed by atoms with Crippen LogP contribution in [0.5, 0.6) is 11.5 Å². The molecule has 0 radical (unpaired) electrons. The van der Waals surface area contributed by atoms with E-state index in [1.807, 2.05) is 0 Å². The smallest absolute Gasteiger partial charge is 0.416 e. The number of ether oxygens (including phenoxy) is 1. The topological polar surface area (TPSA) is 29.5 Å². The molecule has 2 heterocycles. The van der Waals surface area contributed by atoms with E-state index < -0.39 is 29.6 Å². The van der Waals surface area contributed by atoms with E-state index in [1.54, 1.807) is 12.1 Å². The third-order valence-electron chi connectivity index (χ3n) is 14.7. The third kappa shape index (κ3) is 9.15. The maximum absolute atomic E-state index is 14.1. The van der Waals surface area contributed by atoms with Gasteiger partial charge in [0.05, 0.1) is 11.1 Å². The quantitative estimate of drug-likeness (QED) is 0.131. The van der Waals surface area contributed by atoms with Crippen molar-refractivity contribution in [3.8, 4) is 23.3 Å². The van der Waals surface area contributed by atoms with Gasteiger partial charge in [0.1, 0.15) is 17.6 Å². The van der Waals surface area contributed by atoms with Crippen LogP contribution in [0.15, 0.2) is 97.1 Å². The summed E-state index contributed by atoms with van der Waals surface area (Å²) in [7, 11) is 0. The lowest BCUT2D eigenvalue weighted by Crippen LogP contribution is -2.25. The summed E-state index contributed by atoms with van der Waals surface area (Å²) in [5, 5.41) is 12.7. The Morgan fingerprint density at radius 1 is 0.457 bits per heavy atom. The largest absolute Gasteiger partial charge is 0.507 e. The lowest BCUT2D eigenvalue weighted by atomic mass is 9.74. The predicted molar refractivity (Wildman–Crippen MR) is 267 cm³/mol. The Morgan fingerprint density at radius 2 is 0.857 bits per heavy atom. The number of hydrogen-bond donors (Lipinski definition) is 1. The van der Waals surface area contributed by atoms with Crippen LogP contribution in [0.1, 0.15) is 201 Å². The monoisotopic (exact) mass is 952 g/mol. The van der Waals surface area contributed by atoms with E-state index in [0.29, 0.717) is 24.8 Å². The van der Waals surface area contributed by atoms with Gasteiger partial charge < -0.3 is 9.84 Å². The Balaban J connectivity index is 1.39. The Bertz CT molecular complexity index is 3110. The van der Waals surface area contributed by atoms with Gasteiger partial charge in [-0.15, -0.1) is 0 Å². The Hall–Kier alpha value is -5.94. The average Bonchev–Trinajstić information content (AvgIpc) is 3.48. The van der Waals surface area contributed by atoms with Crippen LogP contribution in [0.2, 0.25) is 0 Å². The first kappa shape index (κ1) is 49.1. The van der Waals surface area contributed by atoms with Gasteiger partial charge in [0.25, 0.3) is 0 Å². The minimum Gasteiger partial charge on any atom is -0.507 e. The van der Waals surface area contributed by atoms with E-state index in [-0.39, 0.29) is 39.2 Å². The van der Waals surface area contributed by atoms with Crippen LogP contribution in [0.3, 0.4) is 0 Å². The molecule has 2 nitrogen and oxygen atoms in total. The van der Waals surface area contributed by atoms with Crippen molar-refractivity contribution in [2.24, 2.45) is 0 Å². The molecular formula is C62H62F6O2. The van der Waals surface area contributed by atoms with Gasteiger partial charge in [0, 0.05) is 53.4 Å². The molecule has 9 rings (SSSR count). The summed E-state index contributed by atoms with van der Waals surface area (Å²) in [6.45, 7) is 26.0. The predicted octanol–water partition coefficient (Wildman–Crippen LogP) is 16.5. The van der Waals surface area contributed by atoms with Crippen LogP contribution < -0.4 is 4.74 Å². The van der Waals surface area contributed by atoms with E-state index in [4.69, 9.17) is 4.74 Å². The lowest BCUT2D eigenvalue weighted by molar-refractivity contribution is -0.138. The Labute approximate surface area is 409 Å². The molecule has 0 fully saturated rings. The van der Waals surface area contributed by atoms with Crippen LogP contribution >= 0.6 is 0 Å². The standard InChI is InChI=1S/C62H62F6O2/c1-57(2,3)44-26-36-23-39-29-45(58(4,5)6)30-40(54(39)69)25-38-28-46(59(7,8)9)32-49-51(38)56-52(35-16-20-43(21-17-35)62(66,67)68)53(49)50-33-47(60(10,11)12)31-41(55(50)70-56)24-37(27-44)48(36)22-15-34-13-18-42(19-14-34)61(63,64)65/h13-14,16-21,26-33,52-53,56,69H,23-25H2,1-12H3/t52-,53-,56-/m0/s1. The first-order chi connectivity index (χ1) is 32.4. The summed E-state index contributed by atoms with van der Waals surface area (Å²) in [5.41, 5.74) is 11.7. The number of phenolic OH excluding ortho intramolecular Hbond substituents is 1. The fourth-order valence-corrected chi connectivity index (χ4v) is 10.6. The van der Waals surface area contributed by atoms with E-state index in [0.717, 1.165) is 101 Å². The molecule has 364 valence electrons. The summed E-state index contributed by atoms with van der Waals surface area (Å²) >= 11 is 0. The van der Waals surface area contributed by atoms with E-state index >= 15 is 0 Å². The molecule has 0 saturated heterocycles. The highest BCUT2D eigenvalue weighted by molar-refractivity contribution is 5.66. The van der Waals surface area contributed by atoms with Crippen molar-refractivity contribution < 1.29 is 36.2 Å². The molecule has 6 aromatic rings. The molecule has 0 amide bonds. The van der Waals surface area contributed by atoms with Crippen molar-refractivity contribution in [2.45, 2.75) is 154 Å². The number of aromatic hydroxyl groups is 1. The highest BCUT2D eigenvalue weighted by Crippen LogP contribution is 2.63. The summed E-state index contributed by atoms with van der Waals surface area (Å²) in [6, 6.07) is 28.0. The van der Waals surface area contributed by atoms with Crippen LogP contribution in [0.4, 0.5) is 26.3 Å². The normalized spacial score (nSPS) is 17.9. The molecule has 70 heavy (non-hydrogen) atoms. The Morgan fingerprint density at radius 3 is 1.34 bits per heavy atom. The van der Waals surface area contributed by atoms with Gasteiger partial charge in [-0.3, -0.25) is 0 Å². The molecule has 0 unspecified atom stereocenters. The third-order valence-corrected chi connectivity index (χ3v) is 14.7. The number of halogens is 6. The Kier molecular flexibility index (Phi) is 11.6. The van der Waals surface area contributed by atoms with Gasteiger partial charge in [-0.1, -0.05) is 156 Å². The molecule has 1 aliphatic carbocycles. The molecule has 1 N–H and O–H groups in total. The van der Waals surface area contributed by atoms with Crippen LogP contribution in [-0.2, 0) is 53.3 Å². The van der Waals surface area contributed by atoms with Crippen molar-refractivity contribution in [3.63, 3.8) is 0 Å². The van der Waals surface area contributed by atoms with Crippen LogP contribution in [-0.4, -0.2) is 5.11 Å². The summed E-state index contributed by atoms with van der Waals surface area (Å²) in [5.74, 6) is 6.94. The molecule has 0 aromatic heterocycles. The van der Waals surface area contributed by atoms with Crippen molar-refractivity contribution in [2.75, 3.05) is 0 Å². The van der Waals surface area contributed by atoms with Gasteiger partial charge in [-0.2, -0.15) is 26.3 Å². The molecular weight excluding hydrogens is 891 g/mol. The highest BCUT2D eigenvalue weighted by Gasteiger charge is 2.51. The second-order valence-electron chi connectivity index (χ2n) is 24.0. The zero-order chi connectivity index (χ0) is 50.8. The second kappa shape index (κ2) is 16.6. The van der Waals surface area contributed by atoms with Crippen molar-refractivity contribution in [1.29, 1.82) is 0 Å². The number of rotatable bonds is 1. The van der Waals surface area contributed by atoms with Crippen LogP contribution in [0, 0.1) is 11.8 Å². The number of alkyl halides is 6. The first-order valence-corrected chi connectivity index (χ1v) is 24.3. The van der Waals surface area contributed by atoms with Crippen molar-refractivity contribution >= 4 is 0 Å².